The molecular weight excluding hydrogens is 294 g/mol. The van der Waals surface area contributed by atoms with E-state index in [2.05, 4.69) is 0 Å². The lowest BCUT2D eigenvalue weighted by atomic mass is 10.1. The summed E-state index contributed by atoms with van der Waals surface area (Å²) in [7, 11) is 0. The first-order valence-electron chi connectivity index (χ1n) is 5.82. The monoisotopic (exact) mass is 307 g/mol. The van der Waals surface area contributed by atoms with Crippen molar-refractivity contribution in [2.24, 2.45) is 5.73 Å². The van der Waals surface area contributed by atoms with Crippen molar-refractivity contribution in [3.63, 3.8) is 0 Å². The number of hydrogen-bond acceptors (Lipinski definition) is 7. The second kappa shape index (κ2) is 7.91. The van der Waals surface area contributed by atoms with Crippen LogP contribution in [0.25, 0.3) is 0 Å². The number of hydrogen-bond donors (Lipinski definition) is 1. The second-order valence-electron chi connectivity index (χ2n) is 3.91. The predicted octanol–water partition coefficient (Wildman–Crippen LogP) is 0.281. The van der Waals surface area contributed by atoms with E-state index >= 15 is 0 Å². The van der Waals surface area contributed by atoms with Crippen LogP contribution in [0.2, 0.25) is 0 Å². The summed E-state index contributed by atoms with van der Waals surface area (Å²) in [6, 6.07) is 6.45. The Morgan fingerprint density at radius 1 is 1.52 bits per heavy atom. The maximum atomic E-state index is 11.6. The first-order chi connectivity index (χ1) is 9.95. The number of nitriles is 1. The van der Waals surface area contributed by atoms with Crippen LogP contribution in [0.3, 0.4) is 0 Å². The Bertz CT molecular complexity index is 618. The van der Waals surface area contributed by atoms with Gasteiger partial charge in [0, 0.05) is 17.8 Å². The van der Waals surface area contributed by atoms with Gasteiger partial charge < -0.3 is 15.7 Å². The van der Waals surface area contributed by atoms with Gasteiger partial charge in [0.1, 0.15) is 17.4 Å². The van der Waals surface area contributed by atoms with Crippen molar-refractivity contribution in [1.29, 1.82) is 5.26 Å². The molecule has 0 bridgehead atoms. The number of carbonyl (C=O) groups is 2. The van der Waals surface area contributed by atoms with Gasteiger partial charge in [0.2, 0.25) is 5.78 Å². The van der Waals surface area contributed by atoms with E-state index < -0.39 is 18.4 Å². The van der Waals surface area contributed by atoms with Gasteiger partial charge in [-0.3, -0.25) is 9.59 Å². The van der Waals surface area contributed by atoms with Gasteiger partial charge in [-0.25, -0.2) is 0 Å². The Kier molecular flexibility index (Phi) is 6.23. The van der Waals surface area contributed by atoms with Crippen LogP contribution in [0.15, 0.2) is 40.7 Å². The summed E-state index contributed by atoms with van der Waals surface area (Å²) in [5.41, 5.74) is 5.21. The van der Waals surface area contributed by atoms with Gasteiger partial charge in [-0.1, -0.05) is 0 Å². The molecule has 8 heteroatoms. The number of ketones is 1. The van der Waals surface area contributed by atoms with Crippen LogP contribution in [0.1, 0.15) is 6.92 Å². The largest absolute Gasteiger partial charge is 0.618 e. The number of rotatable bonds is 6. The van der Waals surface area contributed by atoms with Crippen molar-refractivity contribution < 1.29 is 19.1 Å². The molecule has 0 aliphatic heterocycles. The highest BCUT2D eigenvalue weighted by molar-refractivity contribution is 7.99. The Balaban J connectivity index is 2.46. The van der Waals surface area contributed by atoms with Gasteiger partial charge >= 0.3 is 5.97 Å². The molecule has 1 rings (SSSR count). The second-order valence-corrected chi connectivity index (χ2v) is 4.90. The maximum absolute atomic E-state index is 11.6. The lowest BCUT2D eigenvalue weighted by Crippen LogP contribution is -2.28. The molecule has 0 spiro atoms. The highest BCUT2D eigenvalue weighted by Gasteiger charge is 2.15. The summed E-state index contributed by atoms with van der Waals surface area (Å²) in [4.78, 5) is 23.0. The Hall–Kier alpha value is -2.53. The Labute approximate surface area is 125 Å². The van der Waals surface area contributed by atoms with Crippen molar-refractivity contribution in [3.8, 4) is 6.07 Å². The number of thioether (sulfide) groups is 1. The summed E-state index contributed by atoms with van der Waals surface area (Å²) in [6.07, 6.45) is 1.31. The number of nitrogens with zero attached hydrogens (tertiary/aromatic N) is 2. The van der Waals surface area contributed by atoms with E-state index in [0.717, 1.165) is 11.8 Å². The molecule has 1 aromatic rings. The zero-order chi connectivity index (χ0) is 15.8. The molecule has 0 saturated heterocycles. The minimum atomic E-state index is -0.663. The molecule has 21 heavy (non-hydrogen) atoms. The van der Waals surface area contributed by atoms with Crippen LogP contribution in [-0.2, 0) is 14.3 Å². The van der Waals surface area contributed by atoms with Crippen molar-refractivity contribution in [2.75, 3.05) is 12.4 Å². The minimum absolute atomic E-state index is 0.0737. The van der Waals surface area contributed by atoms with Crippen LogP contribution in [0.4, 0.5) is 0 Å². The van der Waals surface area contributed by atoms with Crippen LogP contribution in [0.5, 0.6) is 0 Å². The third kappa shape index (κ3) is 5.16. The predicted molar refractivity (Wildman–Crippen MR) is 74.6 cm³/mol. The molecule has 0 unspecified atom stereocenters. The molecule has 0 atom stereocenters. The first-order valence-corrected chi connectivity index (χ1v) is 6.80. The van der Waals surface area contributed by atoms with Crippen LogP contribution in [0, 0.1) is 16.5 Å². The highest BCUT2D eigenvalue weighted by atomic mass is 32.2. The van der Waals surface area contributed by atoms with Gasteiger partial charge in [0.05, 0.1) is 0 Å². The fourth-order valence-corrected chi connectivity index (χ4v) is 2.00. The van der Waals surface area contributed by atoms with Gasteiger partial charge in [0.15, 0.2) is 12.8 Å². The fraction of sp³-hybridized carbons (Fsp3) is 0.231. The molecule has 0 fully saturated rings. The van der Waals surface area contributed by atoms with Crippen LogP contribution >= 0.6 is 11.8 Å². The average Bonchev–Trinajstić information content (AvgIpc) is 2.44. The van der Waals surface area contributed by atoms with Crippen molar-refractivity contribution >= 4 is 23.5 Å². The van der Waals surface area contributed by atoms with E-state index in [1.165, 1.54) is 13.1 Å². The Morgan fingerprint density at radius 3 is 2.81 bits per heavy atom. The SMILES string of the molecule is C/C(N)=C(/C#N)C(=O)COC(=O)CSc1cccc[n+]1[O-]. The standard InChI is InChI=1S/C13H13N3O4S/c1-9(15)10(6-14)11(17)7-20-13(18)8-21-12-4-2-3-5-16(12)19/h2-5H,7-8,15H2,1H3/b10-9+. The van der Waals surface area contributed by atoms with Gasteiger partial charge in [-0.05, 0) is 24.8 Å². The quantitative estimate of drug-likeness (QED) is 0.200. The van der Waals surface area contributed by atoms with Gasteiger partial charge in [-0.2, -0.15) is 9.99 Å². The Morgan fingerprint density at radius 2 is 2.24 bits per heavy atom. The fourth-order valence-electron chi connectivity index (χ4n) is 1.29. The number of Topliss-reactive ketones (excluding diaryl/α,β-unsaturated/α-hetero) is 1. The first kappa shape index (κ1) is 16.5. The third-order valence-electron chi connectivity index (χ3n) is 2.28. The molecule has 0 radical (unpaired) electrons. The summed E-state index contributed by atoms with van der Waals surface area (Å²) in [5, 5.41) is 20.4. The molecule has 0 aliphatic carbocycles. The number of esters is 1. The molecule has 110 valence electrons. The van der Waals surface area contributed by atoms with Crippen molar-refractivity contribution in [3.05, 3.63) is 40.9 Å². The number of nitrogens with two attached hydrogens (primary N) is 1. The average molecular weight is 307 g/mol. The van der Waals surface area contributed by atoms with Crippen molar-refractivity contribution in [1.82, 2.24) is 0 Å². The number of pyridine rings is 1. The van der Waals surface area contributed by atoms with Crippen LogP contribution in [-0.4, -0.2) is 24.1 Å². The van der Waals surface area contributed by atoms with Crippen LogP contribution < -0.4 is 10.5 Å². The molecule has 0 aliphatic rings. The summed E-state index contributed by atoms with van der Waals surface area (Å²) in [5.74, 6) is -1.44. The number of ether oxygens (including phenoxy) is 1. The topological polar surface area (TPSA) is 120 Å². The molecule has 2 N–H and O–H groups in total. The molecule has 7 nitrogen and oxygen atoms in total. The molecule has 1 aromatic heterocycles. The summed E-state index contributed by atoms with van der Waals surface area (Å²) < 4.78 is 5.36. The molecule has 0 saturated carbocycles. The smallest absolute Gasteiger partial charge is 0.316 e. The van der Waals surface area contributed by atoms with E-state index in [4.69, 9.17) is 15.7 Å². The van der Waals surface area contributed by atoms with E-state index in [9.17, 15) is 14.8 Å². The molecular formula is C13H13N3O4S. The molecule has 1 heterocycles. The minimum Gasteiger partial charge on any atom is -0.618 e. The van der Waals surface area contributed by atoms with Crippen molar-refractivity contribution in [2.45, 2.75) is 11.9 Å². The lowest BCUT2D eigenvalue weighted by molar-refractivity contribution is -0.645. The number of aromatic nitrogens is 1. The van der Waals surface area contributed by atoms with E-state index in [-0.39, 0.29) is 17.0 Å². The van der Waals surface area contributed by atoms with E-state index in [0.29, 0.717) is 9.76 Å². The number of allylic oxidation sites excluding steroid dienone is 1. The number of carbonyl (C=O) groups excluding carboxylic acids is 2. The lowest BCUT2D eigenvalue weighted by Gasteiger charge is -2.05. The van der Waals surface area contributed by atoms with Gasteiger partial charge in [-0.15, -0.1) is 0 Å². The van der Waals surface area contributed by atoms with E-state index in [1.807, 2.05) is 0 Å². The highest BCUT2D eigenvalue weighted by Crippen LogP contribution is 2.12. The third-order valence-corrected chi connectivity index (χ3v) is 3.27. The maximum Gasteiger partial charge on any atom is 0.316 e. The zero-order valence-electron chi connectivity index (χ0n) is 11.2. The van der Waals surface area contributed by atoms with Gasteiger partial charge in [0.25, 0.3) is 5.03 Å². The molecule has 0 aromatic carbocycles. The molecule has 0 amide bonds. The zero-order valence-corrected chi connectivity index (χ0v) is 12.1. The summed E-state index contributed by atoms with van der Waals surface area (Å²) >= 11 is 0.990. The van der Waals surface area contributed by atoms with E-state index in [1.54, 1.807) is 24.3 Å². The normalized spacial score (nSPS) is 11.2. The summed E-state index contributed by atoms with van der Waals surface area (Å²) in [6.45, 7) is 0.861.